The molecule has 0 saturated heterocycles. The molecule has 1 amide bonds. The van der Waals surface area contributed by atoms with Gasteiger partial charge in [-0.2, -0.15) is 10.4 Å². The second kappa shape index (κ2) is 10.0. The van der Waals surface area contributed by atoms with Crippen LogP contribution in [0, 0.1) is 18.3 Å². The molecule has 3 aromatic rings. The third-order valence-corrected chi connectivity index (χ3v) is 5.45. The zero-order valence-electron chi connectivity index (χ0n) is 18.0. The van der Waals surface area contributed by atoms with Gasteiger partial charge in [0, 0.05) is 38.3 Å². The van der Waals surface area contributed by atoms with Crippen LogP contribution in [-0.4, -0.2) is 39.6 Å². The predicted molar refractivity (Wildman–Crippen MR) is 120 cm³/mol. The Morgan fingerprint density at radius 1 is 1.25 bits per heavy atom. The van der Waals surface area contributed by atoms with Crippen LogP contribution in [0.25, 0.3) is 0 Å². The van der Waals surface area contributed by atoms with Crippen molar-refractivity contribution in [3.05, 3.63) is 89.6 Å². The zero-order valence-corrected chi connectivity index (χ0v) is 18.0. The highest BCUT2D eigenvalue weighted by Crippen LogP contribution is 2.33. The first-order valence-electron chi connectivity index (χ1n) is 10.6. The highest BCUT2D eigenvalue weighted by molar-refractivity contribution is 6.03. The lowest BCUT2D eigenvalue weighted by Gasteiger charge is -2.25. The van der Waals surface area contributed by atoms with Crippen molar-refractivity contribution in [1.82, 2.24) is 14.9 Å². The van der Waals surface area contributed by atoms with E-state index in [2.05, 4.69) is 11.1 Å². The SMILES string of the molecule is Cc1ccc(C2=NN(C(=O)CN(CCC#N)Cc3cccnc3)[C@H](c3ccco3)C2)cc1. The summed E-state index contributed by atoms with van der Waals surface area (Å²) in [6, 6.07) is 17.6. The van der Waals surface area contributed by atoms with Crippen molar-refractivity contribution in [2.45, 2.75) is 32.4 Å². The Hall–Kier alpha value is -3.76. The number of hydrogen-bond acceptors (Lipinski definition) is 6. The molecule has 0 N–H and O–H groups in total. The minimum Gasteiger partial charge on any atom is -0.467 e. The number of furan rings is 1. The van der Waals surface area contributed by atoms with Crippen LogP contribution >= 0.6 is 0 Å². The lowest BCUT2D eigenvalue weighted by molar-refractivity contribution is -0.134. The largest absolute Gasteiger partial charge is 0.467 e. The monoisotopic (exact) mass is 427 g/mol. The van der Waals surface area contributed by atoms with Crippen LogP contribution < -0.4 is 0 Å². The average Bonchev–Trinajstić information content (AvgIpc) is 3.49. The molecule has 2 aromatic heterocycles. The van der Waals surface area contributed by atoms with Gasteiger partial charge in [-0.3, -0.25) is 14.7 Å². The molecule has 0 spiro atoms. The summed E-state index contributed by atoms with van der Waals surface area (Å²) in [4.78, 5) is 19.5. The van der Waals surface area contributed by atoms with Gasteiger partial charge in [0.2, 0.25) is 0 Å². The number of amides is 1. The smallest absolute Gasteiger partial charge is 0.257 e. The summed E-state index contributed by atoms with van der Waals surface area (Å²) in [5, 5.41) is 15.3. The van der Waals surface area contributed by atoms with Crippen molar-refractivity contribution >= 4 is 11.6 Å². The number of pyridine rings is 1. The van der Waals surface area contributed by atoms with E-state index < -0.39 is 0 Å². The van der Waals surface area contributed by atoms with E-state index in [1.54, 1.807) is 18.7 Å². The fourth-order valence-electron chi connectivity index (χ4n) is 3.80. The number of rotatable bonds is 8. The Bertz CT molecular complexity index is 1100. The van der Waals surface area contributed by atoms with Gasteiger partial charge in [-0.25, -0.2) is 5.01 Å². The van der Waals surface area contributed by atoms with Crippen molar-refractivity contribution in [2.24, 2.45) is 5.10 Å². The van der Waals surface area contributed by atoms with E-state index in [1.165, 1.54) is 10.6 Å². The van der Waals surface area contributed by atoms with Gasteiger partial charge in [0.15, 0.2) is 0 Å². The summed E-state index contributed by atoms with van der Waals surface area (Å²) in [7, 11) is 0. The first kappa shape index (κ1) is 21.5. The number of aryl methyl sites for hydroxylation is 1. The van der Waals surface area contributed by atoms with Crippen LogP contribution in [0.4, 0.5) is 0 Å². The van der Waals surface area contributed by atoms with Crippen LogP contribution in [0.2, 0.25) is 0 Å². The average molecular weight is 428 g/mol. The van der Waals surface area contributed by atoms with Gasteiger partial charge in [0.05, 0.1) is 24.6 Å². The van der Waals surface area contributed by atoms with Crippen molar-refractivity contribution in [1.29, 1.82) is 5.26 Å². The number of carbonyl (C=O) groups is 1. The lowest BCUT2D eigenvalue weighted by atomic mass is 10.0. The summed E-state index contributed by atoms with van der Waals surface area (Å²) < 4.78 is 5.63. The van der Waals surface area contributed by atoms with Crippen molar-refractivity contribution in [2.75, 3.05) is 13.1 Å². The topological polar surface area (TPSA) is 85.7 Å². The summed E-state index contributed by atoms with van der Waals surface area (Å²) in [5.41, 5.74) is 4.02. The van der Waals surface area contributed by atoms with E-state index in [1.807, 2.05) is 60.4 Å². The molecule has 0 fully saturated rings. The summed E-state index contributed by atoms with van der Waals surface area (Å²) >= 11 is 0. The second-order valence-electron chi connectivity index (χ2n) is 7.87. The maximum Gasteiger partial charge on any atom is 0.257 e. The van der Waals surface area contributed by atoms with Crippen LogP contribution in [0.15, 0.2) is 76.7 Å². The van der Waals surface area contributed by atoms with Gasteiger partial charge in [-0.05, 0) is 36.2 Å². The van der Waals surface area contributed by atoms with Crippen molar-refractivity contribution < 1.29 is 9.21 Å². The van der Waals surface area contributed by atoms with E-state index >= 15 is 0 Å². The molecule has 0 aliphatic carbocycles. The normalized spacial score (nSPS) is 15.6. The highest BCUT2D eigenvalue weighted by Gasteiger charge is 2.35. The number of hydrazone groups is 1. The fourth-order valence-corrected chi connectivity index (χ4v) is 3.80. The number of hydrogen-bond donors (Lipinski definition) is 0. The van der Waals surface area contributed by atoms with Gasteiger partial charge in [0.25, 0.3) is 5.91 Å². The first-order chi connectivity index (χ1) is 15.6. The molecule has 162 valence electrons. The third-order valence-electron chi connectivity index (χ3n) is 5.45. The Labute approximate surface area is 187 Å². The summed E-state index contributed by atoms with van der Waals surface area (Å²) in [6.07, 6.45) is 6.03. The predicted octanol–water partition coefficient (Wildman–Crippen LogP) is 4.08. The maximum absolute atomic E-state index is 13.4. The molecule has 4 rings (SSSR count). The molecular weight excluding hydrogens is 402 g/mol. The minimum absolute atomic E-state index is 0.129. The van der Waals surface area contributed by atoms with Crippen LogP contribution in [0.1, 0.15) is 41.3 Å². The van der Waals surface area contributed by atoms with Gasteiger partial charge in [-0.1, -0.05) is 35.9 Å². The molecule has 7 heteroatoms. The quantitative estimate of drug-likeness (QED) is 0.541. The zero-order chi connectivity index (χ0) is 22.3. The molecule has 0 radical (unpaired) electrons. The van der Waals surface area contributed by atoms with Gasteiger partial charge >= 0.3 is 0 Å². The van der Waals surface area contributed by atoms with Gasteiger partial charge < -0.3 is 4.42 Å². The second-order valence-corrected chi connectivity index (χ2v) is 7.87. The van der Waals surface area contributed by atoms with Crippen molar-refractivity contribution in [3.63, 3.8) is 0 Å². The van der Waals surface area contributed by atoms with E-state index in [9.17, 15) is 4.79 Å². The van der Waals surface area contributed by atoms with E-state index in [0.717, 1.165) is 16.8 Å². The van der Waals surface area contributed by atoms with Gasteiger partial charge in [0.1, 0.15) is 11.8 Å². The summed E-state index contributed by atoms with van der Waals surface area (Å²) in [5.74, 6) is 0.579. The Balaban J connectivity index is 1.56. The number of aromatic nitrogens is 1. The standard InChI is InChI=1S/C25H25N5O2/c1-19-7-9-21(10-8-19)22-15-23(24-6-3-14-32-24)30(28-22)25(31)18-29(13-4-11-26)17-20-5-2-12-27-16-20/h2-3,5-10,12,14,16,23H,4,13,15,17-18H2,1H3/t23-/m0/s1. The van der Waals surface area contributed by atoms with E-state index in [4.69, 9.17) is 14.8 Å². The Morgan fingerprint density at radius 2 is 2.09 bits per heavy atom. The third kappa shape index (κ3) is 5.10. The van der Waals surface area contributed by atoms with Crippen LogP contribution in [-0.2, 0) is 11.3 Å². The summed E-state index contributed by atoms with van der Waals surface area (Å²) in [6.45, 7) is 3.22. The molecule has 32 heavy (non-hydrogen) atoms. The molecule has 7 nitrogen and oxygen atoms in total. The lowest BCUT2D eigenvalue weighted by Crippen LogP contribution is -2.38. The molecule has 1 aromatic carbocycles. The molecule has 1 aliphatic heterocycles. The number of benzene rings is 1. The molecular formula is C25H25N5O2. The first-order valence-corrected chi connectivity index (χ1v) is 10.6. The molecule has 3 heterocycles. The molecule has 0 unspecified atom stereocenters. The number of carbonyl (C=O) groups excluding carboxylic acids is 1. The molecule has 0 bridgehead atoms. The molecule has 1 atom stereocenters. The Kier molecular flexibility index (Phi) is 6.73. The maximum atomic E-state index is 13.4. The van der Waals surface area contributed by atoms with Crippen LogP contribution in [0.3, 0.4) is 0 Å². The van der Waals surface area contributed by atoms with Gasteiger partial charge in [-0.15, -0.1) is 0 Å². The number of nitriles is 1. The molecule has 0 saturated carbocycles. The Morgan fingerprint density at radius 3 is 2.78 bits per heavy atom. The van der Waals surface area contributed by atoms with Crippen molar-refractivity contribution in [3.8, 4) is 6.07 Å². The number of nitrogens with zero attached hydrogens (tertiary/aromatic N) is 5. The van der Waals surface area contributed by atoms with E-state index in [0.29, 0.717) is 31.7 Å². The highest BCUT2D eigenvalue weighted by atomic mass is 16.3. The van der Waals surface area contributed by atoms with Crippen LogP contribution in [0.5, 0.6) is 0 Å². The van der Waals surface area contributed by atoms with E-state index in [-0.39, 0.29) is 18.5 Å². The fraction of sp³-hybridized carbons (Fsp3) is 0.280. The minimum atomic E-state index is -0.287. The molecule has 1 aliphatic rings.